The monoisotopic (exact) mass is 702 g/mol. The molecule has 246 valence electrons. The molecular formula is C29H34O12S4. The molecule has 12 nitrogen and oxygen atoms in total. The Hall–Kier alpha value is -3.48. The zero-order valence-corrected chi connectivity index (χ0v) is 27.9. The molecule has 0 bridgehead atoms. The molecular weight excluding hydrogens is 669 g/mol. The highest BCUT2D eigenvalue weighted by atomic mass is 32.2. The van der Waals surface area contributed by atoms with E-state index in [0.717, 1.165) is 23.1 Å². The van der Waals surface area contributed by atoms with Gasteiger partial charge in [0.05, 0.1) is 19.6 Å². The van der Waals surface area contributed by atoms with Crippen LogP contribution in [-0.2, 0) is 46.9 Å². The van der Waals surface area contributed by atoms with Crippen LogP contribution in [0.5, 0.6) is 0 Å². The van der Waals surface area contributed by atoms with Gasteiger partial charge in [0.2, 0.25) is 0 Å². The molecule has 0 aliphatic carbocycles. The highest BCUT2D eigenvalue weighted by Gasteiger charge is 2.12. The predicted octanol–water partition coefficient (Wildman–Crippen LogP) is 5.22. The third kappa shape index (κ3) is 14.9. The van der Waals surface area contributed by atoms with Crippen LogP contribution in [0.3, 0.4) is 0 Å². The Bertz CT molecular complexity index is 1970. The fourth-order valence-electron chi connectivity index (χ4n) is 3.29. The van der Waals surface area contributed by atoms with Gasteiger partial charge in [0.15, 0.2) is 0 Å². The second kappa shape index (κ2) is 16.7. The third-order valence-electron chi connectivity index (χ3n) is 5.60. The summed E-state index contributed by atoms with van der Waals surface area (Å²) >= 11 is 0. The number of rotatable bonds is 5. The minimum absolute atomic E-state index is 0.0203. The van der Waals surface area contributed by atoms with Crippen LogP contribution in [0.4, 0.5) is 0 Å². The molecule has 4 N–H and O–H groups in total. The molecule has 0 aliphatic rings. The molecule has 4 aromatic carbocycles. The lowest BCUT2D eigenvalue weighted by Crippen LogP contribution is -2.00. The van der Waals surface area contributed by atoms with Gasteiger partial charge < -0.3 is 0 Å². The van der Waals surface area contributed by atoms with Gasteiger partial charge in [0.25, 0.3) is 40.5 Å². The Balaban J connectivity index is 0.000000301. The first kappa shape index (κ1) is 39.5. The molecule has 0 spiro atoms. The smallest absolute Gasteiger partial charge is 0.282 e. The van der Waals surface area contributed by atoms with E-state index in [0.29, 0.717) is 5.56 Å². The lowest BCUT2D eigenvalue weighted by molar-refractivity contribution is 0.480. The quantitative estimate of drug-likeness (QED) is 0.197. The topological polar surface area (TPSA) is 217 Å². The first-order valence-electron chi connectivity index (χ1n) is 12.7. The van der Waals surface area contributed by atoms with Gasteiger partial charge in [0.1, 0.15) is 0 Å². The lowest BCUT2D eigenvalue weighted by Gasteiger charge is -2.02. The van der Waals surface area contributed by atoms with E-state index in [1.165, 1.54) is 42.5 Å². The summed E-state index contributed by atoms with van der Waals surface area (Å²) in [5.74, 6) is 0. The van der Waals surface area contributed by atoms with Crippen molar-refractivity contribution in [1.82, 2.24) is 0 Å². The molecule has 45 heavy (non-hydrogen) atoms. The molecule has 0 atom stereocenters. The Kier molecular flexibility index (Phi) is 14.7. The average Bonchev–Trinajstić information content (AvgIpc) is 2.93. The van der Waals surface area contributed by atoms with Crippen LogP contribution >= 0.6 is 0 Å². The second-order valence-corrected chi connectivity index (χ2v) is 14.9. The molecule has 0 radical (unpaired) electrons. The normalized spacial score (nSPS) is 11.5. The van der Waals surface area contributed by atoms with Crippen LogP contribution in [0.2, 0.25) is 0 Å². The van der Waals surface area contributed by atoms with Crippen molar-refractivity contribution in [3.8, 4) is 0 Å². The molecule has 0 amide bonds. The van der Waals surface area contributed by atoms with Crippen molar-refractivity contribution in [3.05, 3.63) is 119 Å². The lowest BCUT2D eigenvalue weighted by atomic mass is 10.2. The molecule has 0 saturated carbocycles. The van der Waals surface area contributed by atoms with E-state index < -0.39 is 40.5 Å². The highest BCUT2D eigenvalue weighted by Crippen LogP contribution is 2.15. The summed E-state index contributed by atoms with van der Waals surface area (Å²) in [5, 5.41) is 0. The van der Waals surface area contributed by atoms with Crippen molar-refractivity contribution in [1.29, 1.82) is 0 Å². The summed E-state index contributed by atoms with van der Waals surface area (Å²) < 4.78 is 119. The highest BCUT2D eigenvalue weighted by molar-refractivity contribution is 7.86. The van der Waals surface area contributed by atoms with Crippen LogP contribution in [0.1, 0.15) is 29.2 Å². The van der Waals surface area contributed by atoms with Crippen molar-refractivity contribution in [2.24, 2.45) is 0 Å². The zero-order chi connectivity index (χ0) is 34.6. The Morgan fingerprint density at radius 1 is 0.467 bits per heavy atom. The number of hydrogen-bond donors (Lipinski definition) is 4. The fourth-order valence-corrected chi connectivity index (χ4v) is 5.46. The van der Waals surface area contributed by atoms with E-state index >= 15 is 0 Å². The SMILES string of the molecule is CCc1ccc(S(=O)(=O)O)cc1.Cc1ccc(S(=O)(=O)O)c(C)c1.Cc1ccc(S(=O)(=O)O)cc1.O=S(=O)(O)c1ccccc1. The Morgan fingerprint density at radius 2 is 0.844 bits per heavy atom. The minimum atomic E-state index is -4.05. The van der Waals surface area contributed by atoms with Gasteiger partial charge in [0, 0.05) is 0 Å². The van der Waals surface area contributed by atoms with Crippen molar-refractivity contribution < 1.29 is 51.9 Å². The summed E-state index contributed by atoms with van der Waals surface area (Å²) in [7, 11) is -16.1. The van der Waals surface area contributed by atoms with Crippen molar-refractivity contribution in [2.75, 3.05) is 0 Å². The van der Waals surface area contributed by atoms with Gasteiger partial charge in [-0.25, -0.2) is 0 Å². The van der Waals surface area contributed by atoms with E-state index in [2.05, 4.69) is 0 Å². The third-order valence-corrected chi connectivity index (χ3v) is 9.22. The van der Waals surface area contributed by atoms with Crippen molar-refractivity contribution in [3.63, 3.8) is 0 Å². The first-order valence-corrected chi connectivity index (χ1v) is 18.5. The number of aryl methyl sites for hydroxylation is 4. The second-order valence-electron chi connectivity index (χ2n) is 9.29. The molecule has 0 aromatic heterocycles. The number of hydrogen-bond acceptors (Lipinski definition) is 8. The van der Waals surface area contributed by atoms with Crippen LogP contribution in [0.25, 0.3) is 0 Å². The Morgan fingerprint density at radius 3 is 1.18 bits per heavy atom. The molecule has 4 rings (SSSR count). The predicted molar refractivity (Wildman–Crippen MR) is 169 cm³/mol. The van der Waals surface area contributed by atoms with Gasteiger partial charge in [-0.15, -0.1) is 0 Å². The summed E-state index contributed by atoms with van der Waals surface area (Å²) in [5.41, 5.74) is 3.54. The maximum Gasteiger partial charge on any atom is 0.294 e. The van der Waals surface area contributed by atoms with Gasteiger partial charge in [-0.1, -0.05) is 72.6 Å². The molecule has 16 heteroatoms. The summed E-state index contributed by atoms with van der Waals surface area (Å²) in [6.45, 7) is 7.33. The average molecular weight is 703 g/mol. The standard InChI is InChI=1S/2C8H10O3S.C7H8O3S.C6H6O3S/c1-6-3-4-8(7(2)5-6)12(9,10)11;1-2-7-3-5-8(6-4-7)12(9,10)11;1-6-2-4-7(5-3-6)11(8,9)10;7-10(8,9)6-4-2-1-3-5-6/h3-5H,1-2H3,(H,9,10,11);3-6H,2H2,1H3,(H,9,10,11);2-5H,1H3,(H,8,9,10);1-5H,(H,7,8,9). The molecule has 4 aromatic rings. The summed E-state index contributed by atoms with van der Waals surface area (Å²) in [6.07, 6.45) is 0.853. The fraction of sp³-hybridized carbons (Fsp3) is 0.172. The molecule has 0 fully saturated rings. The van der Waals surface area contributed by atoms with E-state index in [4.69, 9.17) is 18.2 Å². The van der Waals surface area contributed by atoms with E-state index in [-0.39, 0.29) is 19.6 Å². The first-order chi connectivity index (χ1) is 20.6. The van der Waals surface area contributed by atoms with Crippen molar-refractivity contribution in [2.45, 2.75) is 53.7 Å². The zero-order valence-electron chi connectivity index (χ0n) is 24.6. The van der Waals surface area contributed by atoms with Crippen LogP contribution in [-0.4, -0.2) is 51.9 Å². The van der Waals surface area contributed by atoms with Crippen LogP contribution in [0, 0.1) is 20.8 Å². The van der Waals surface area contributed by atoms with Gasteiger partial charge in [-0.3, -0.25) is 18.2 Å². The summed E-state index contributed by atoms with van der Waals surface area (Å²) in [4.78, 5) is -0.217. The van der Waals surface area contributed by atoms with E-state index in [9.17, 15) is 33.7 Å². The molecule has 0 unspecified atom stereocenters. The van der Waals surface area contributed by atoms with Gasteiger partial charge in [-0.05, 0) is 80.8 Å². The van der Waals surface area contributed by atoms with Gasteiger partial charge in [-0.2, -0.15) is 33.7 Å². The largest absolute Gasteiger partial charge is 0.294 e. The summed E-state index contributed by atoms with van der Waals surface area (Å²) in [6, 6.07) is 24.3. The van der Waals surface area contributed by atoms with E-state index in [1.54, 1.807) is 61.5 Å². The maximum atomic E-state index is 10.7. The maximum absolute atomic E-state index is 10.7. The van der Waals surface area contributed by atoms with Gasteiger partial charge >= 0.3 is 0 Å². The molecule has 0 heterocycles. The van der Waals surface area contributed by atoms with Crippen molar-refractivity contribution >= 4 is 40.5 Å². The number of benzene rings is 4. The van der Waals surface area contributed by atoms with Crippen LogP contribution < -0.4 is 0 Å². The molecule has 0 saturated heterocycles. The van der Waals surface area contributed by atoms with Crippen LogP contribution in [0.15, 0.2) is 117 Å². The molecule has 0 aliphatic heterocycles. The minimum Gasteiger partial charge on any atom is -0.282 e. The Labute approximate surface area is 264 Å². The van der Waals surface area contributed by atoms with E-state index in [1.807, 2.05) is 20.8 Å².